The van der Waals surface area contributed by atoms with Gasteiger partial charge in [-0.1, -0.05) is 84.9 Å². The van der Waals surface area contributed by atoms with E-state index in [1.165, 1.54) is 0 Å². The van der Waals surface area contributed by atoms with E-state index >= 15 is 0 Å². The lowest BCUT2D eigenvalue weighted by Crippen LogP contribution is -2.09. The predicted octanol–water partition coefficient (Wildman–Crippen LogP) is 11.4. The number of nitrogens with zero attached hydrogens (tertiary/aromatic N) is 4. The van der Waals surface area contributed by atoms with Gasteiger partial charge < -0.3 is 9.32 Å². The first-order valence-electron chi connectivity index (χ1n) is 14.0. The van der Waals surface area contributed by atoms with Gasteiger partial charge in [-0.25, -0.2) is 0 Å². The highest BCUT2D eigenvalue weighted by atomic mass is 16.3. The van der Waals surface area contributed by atoms with Crippen LogP contribution in [0.1, 0.15) is 5.56 Å². The Morgan fingerprint density at radius 1 is 0.568 bits per heavy atom. The second kappa shape index (κ2) is 11.0. The number of para-hydroxylation sites is 2. The quantitative estimate of drug-likeness (QED) is 0.196. The van der Waals surface area contributed by atoms with Crippen LogP contribution in [0.15, 0.2) is 138 Å². The van der Waals surface area contributed by atoms with Crippen molar-refractivity contribution in [1.82, 2.24) is 0 Å². The third-order valence-corrected chi connectivity index (χ3v) is 7.77. The van der Waals surface area contributed by atoms with E-state index in [1.54, 1.807) is 12.1 Å². The Bertz CT molecular complexity index is 2290. The zero-order chi connectivity index (χ0) is 30.0. The van der Waals surface area contributed by atoms with Gasteiger partial charge in [-0.2, -0.15) is 5.26 Å². The van der Waals surface area contributed by atoms with Crippen LogP contribution in [0.3, 0.4) is 0 Å². The molecular weight excluding hydrogens is 540 g/mol. The zero-order valence-corrected chi connectivity index (χ0v) is 23.4. The Kier molecular flexibility index (Phi) is 6.57. The van der Waals surface area contributed by atoms with Crippen LogP contribution in [0, 0.1) is 24.5 Å². The van der Waals surface area contributed by atoms with Crippen LogP contribution in [0.2, 0.25) is 0 Å². The van der Waals surface area contributed by atoms with Gasteiger partial charge in [-0.15, -0.1) is 0 Å². The van der Waals surface area contributed by atoms with Gasteiger partial charge in [-0.05, 0) is 65.2 Å². The lowest BCUT2D eigenvalue weighted by molar-refractivity contribution is 0.670. The molecule has 0 aliphatic heterocycles. The molecule has 0 radical (unpaired) electrons. The molecule has 7 aromatic rings. The first-order chi connectivity index (χ1) is 21.7. The second-order valence-corrected chi connectivity index (χ2v) is 10.3. The molecule has 0 aliphatic rings. The summed E-state index contributed by atoms with van der Waals surface area (Å²) >= 11 is 0. The maximum atomic E-state index is 9.15. The summed E-state index contributed by atoms with van der Waals surface area (Å²) in [5.74, 6) is 0. The zero-order valence-electron chi connectivity index (χ0n) is 23.4. The Morgan fingerprint density at radius 3 is 1.82 bits per heavy atom. The van der Waals surface area contributed by atoms with Crippen molar-refractivity contribution in [3.63, 3.8) is 0 Å². The summed E-state index contributed by atoms with van der Waals surface area (Å²) < 4.78 is 6.28. The second-order valence-electron chi connectivity index (χ2n) is 10.3. The smallest absolute Gasteiger partial charge is 0.196 e. The van der Waals surface area contributed by atoms with Crippen molar-refractivity contribution in [3.05, 3.63) is 162 Å². The number of furan rings is 1. The summed E-state index contributed by atoms with van der Waals surface area (Å²) in [6, 6.07) is 45.7. The average Bonchev–Trinajstić information content (AvgIpc) is 3.48. The minimum absolute atomic E-state index is 0.310. The summed E-state index contributed by atoms with van der Waals surface area (Å²) in [6.45, 7) is 15.1. The van der Waals surface area contributed by atoms with Gasteiger partial charge in [0.1, 0.15) is 11.2 Å². The van der Waals surface area contributed by atoms with Gasteiger partial charge in [0.25, 0.3) is 0 Å². The molecule has 0 unspecified atom stereocenters. The lowest BCUT2D eigenvalue weighted by Gasteiger charge is -2.26. The van der Waals surface area contributed by atoms with Crippen LogP contribution in [-0.4, -0.2) is 0 Å². The maximum absolute atomic E-state index is 9.15. The Balaban J connectivity index is 1.31. The molecule has 5 nitrogen and oxygen atoms in total. The molecular formula is C39H22N4O. The summed E-state index contributed by atoms with van der Waals surface area (Å²) in [5.41, 5.74) is 9.65. The van der Waals surface area contributed by atoms with E-state index in [0.29, 0.717) is 16.9 Å². The number of benzene rings is 6. The van der Waals surface area contributed by atoms with Gasteiger partial charge in [0.2, 0.25) is 0 Å². The van der Waals surface area contributed by atoms with Crippen LogP contribution in [0.4, 0.5) is 28.4 Å². The van der Waals surface area contributed by atoms with Gasteiger partial charge in [-0.3, -0.25) is 9.69 Å². The fourth-order valence-electron chi connectivity index (χ4n) is 5.59. The Labute approximate surface area is 254 Å². The van der Waals surface area contributed by atoms with Crippen LogP contribution >= 0.6 is 0 Å². The molecule has 0 atom stereocenters. The van der Waals surface area contributed by atoms with E-state index in [0.717, 1.165) is 61.3 Å². The number of nitriles is 1. The molecule has 1 aromatic heterocycles. The van der Waals surface area contributed by atoms with E-state index in [2.05, 4.69) is 69.2 Å². The molecule has 0 fully saturated rings. The molecule has 0 spiro atoms. The minimum atomic E-state index is 0.310. The van der Waals surface area contributed by atoms with E-state index in [9.17, 15) is 0 Å². The molecule has 0 saturated carbocycles. The summed E-state index contributed by atoms with van der Waals surface area (Å²) in [5, 5.41) is 11.3. The van der Waals surface area contributed by atoms with E-state index < -0.39 is 0 Å². The van der Waals surface area contributed by atoms with Crippen molar-refractivity contribution in [2.45, 2.75) is 0 Å². The topological polar surface area (TPSA) is 48.9 Å². The summed E-state index contributed by atoms with van der Waals surface area (Å²) in [4.78, 5) is 9.22. The van der Waals surface area contributed by atoms with Crippen LogP contribution in [-0.2, 0) is 0 Å². The molecule has 1 heterocycles. The molecule has 0 saturated heterocycles. The molecule has 5 heteroatoms. The molecule has 0 N–H and O–H groups in total. The van der Waals surface area contributed by atoms with Gasteiger partial charge in [0, 0.05) is 33.4 Å². The van der Waals surface area contributed by atoms with Crippen molar-refractivity contribution in [2.75, 3.05) is 4.90 Å². The van der Waals surface area contributed by atoms with Crippen molar-refractivity contribution >= 4 is 50.4 Å². The van der Waals surface area contributed by atoms with Gasteiger partial charge in [0.15, 0.2) is 11.4 Å². The molecule has 6 aromatic carbocycles. The maximum Gasteiger partial charge on any atom is 0.196 e. The molecule has 0 bridgehead atoms. The Morgan fingerprint density at radius 2 is 1.16 bits per heavy atom. The number of hydrogen-bond donors (Lipinski definition) is 0. The van der Waals surface area contributed by atoms with Crippen molar-refractivity contribution in [2.24, 2.45) is 0 Å². The van der Waals surface area contributed by atoms with E-state index in [4.69, 9.17) is 22.8 Å². The highest BCUT2D eigenvalue weighted by Crippen LogP contribution is 2.42. The molecule has 0 amide bonds. The number of anilines is 3. The lowest BCUT2D eigenvalue weighted by atomic mass is 10.0. The van der Waals surface area contributed by atoms with Gasteiger partial charge >= 0.3 is 0 Å². The van der Waals surface area contributed by atoms with Crippen molar-refractivity contribution in [1.29, 1.82) is 5.26 Å². The van der Waals surface area contributed by atoms with Crippen LogP contribution < -0.4 is 4.90 Å². The molecule has 204 valence electrons. The largest absolute Gasteiger partial charge is 0.455 e. The highest BCUT2D eigenvalue weighted by molar-refractivity contribution is 6.09. The SMILES string of the molecule is [C-]#[N+]c1ccc(N(c2ccc(-c3ccc(C#N)cc3)cc2)c2ccc(-c3cccc4c3oc3ccccc34)cc2)cc1[N+]#[C-]. The number of hydrogen-bond acceptors (Lipinski definition) is 3. The van der Waals surface area contributed by atoms with Crippen molar-refractivity contribution in [3.8, 4) is 28.3 Å². The first kappa shape index (κ1) is 26.3. The van der Waals surface area contributed by atoms with Gasteiger partial charge in [0.05, 0.1) is 24.8 Å². The van der Waals surface area contributed by atoms with Crippen LogP contribution in [0.5, 0.6) is 0 Å². The normalized spacial score (nSPS) is 10.7. The standard InChI is InChI=1S/C39H22N4O/c1-41-36-23-22-32(24-37(36)42-2)43(30-18-14-28(15-19-30)27-12-10-26(25-40)11-13-27)31-20-16-29(17-21-31)33-7-5-8-35-34-6-3-4-9-38(34)44-39(33)35/h3-24H. The minimum Gasteiger partial charge on any atom is -0.455 e. The summed E-state index contributed by atoms with van der Waals surface area (Å²) in [7, 11) is 0. The van der Waals surface area contributed by atoms with E-state index in [1.807, 2.05) is 72.8 Å². The summed E-state index contributed by atoms with van der Waals surface area (Å²) in [6.07, 6.45) is 0. The van der Waals surface area contributed by atoms with Crippen LogP contribution in [0.25, 0.3) is 53.9 Å². The molecule has 44 heavy (non-hydrogen) atoms. The average molecular weight is 563 g/mol. The molecule has 7 rings (SSSR count). The van der Waals surface area contributed by atoms with E-state index in [-0.39, 0.29) is 0 Å². The monoisotopic (exact) mass is 562 g/mol. The number of rotatable bonds is 5. The highest BCUT2D eigenvalue weighted by Gasteiger charge is 2.17. The first-order valence-corrected chi connectivity index (χ1v) is 14.0. The number of fused-ring (bicyclic) bond motifs is 3. The predicted molar refractivity (Wildman–Crippen MR) is 177 cm³/mol. The third kappa shape index (κ3) is 4.60. The molecule has 0 aliphatic carbocycles. The van der Waals surface area contributed by atoms with Crippen molar-refractivity contribution < 1.29 is 4.42 Å². The third-order valence-electron chi connectivity index (χ3n) is 7.77. The fourth-order valence-corrected chi connectivity index (χ4v) is 5.59. The fraction of sp³-hybridized carbons (Fsp3) is 0. The Hall–Kier alpha value is -6.61.